The van der Waals surface area contributed by atoms with Gasteiger partial charge in [-0.25, -0.2) is 4.79 Å². The molecule has 0 aliphatic carbocycles. The van der Waals surface area contributed by atoms with Crippen molar-refractivity contribution in [3.63, 3.8) is 0 Å². The number of carboxylic acids is 1. The monoisotopic (exact) mass is 427 g/mol. The van der Waals surface area contributed by atoms with E-state index < -0.39 is 5.97 Å². The topological polar surface area (TPSA) is 42.2 Å². The van der Waals surface area contributed by atoms with Crippen LogP contribution < -0.4 is 0 Å². The Morgan fingerprint density at radius 3 is 1.68 bits per heavy atom. The first-order valence-electron chi connectivity index (χ1n) is 13.0. The molecule has 3 heteroatoms. The van der Waals surface area contributed by atoms with Crippen LogP contribution >= 0.6 is 0 Å². The SMILES string of the molecule is CCCCCCCCCCCCCCCCCCc1c(C(=O)O)n(C)c2ccccc12. The molecule has 0 saturated heterocycles. The van der Waals surface area contributed by atoms with E-state index in [-0.39, 0.29) is 0 Å². The van der Waals surface area contributed by atoms with E-state index in [2.05, 4.69) is 13.0 Å². The molecule has 1 heterocycles. The average molecular weight is 428 g/mol. The van der Waals surface area contributed by atoms with Crippen LogP contribution in [-0.2, 0) is 13.5 Å². The van der Waals surface area contributed by atoms with E-state index in [1.165, 1.54) is 96.3 Å². The third-order valence-corrected chi connectivity index (χ3v) is 6.69. The first kappa shape index (κ1) is 25.5. The highest BCUT2D eigenvalue weighted by Crippen LogP contribution is 2.27. The molecule has 3 nitrogen and oxygen atoms in total. The number of hydrogen-bond donors (Lipinski definition) is 1. The predicted molar refractivity (Wildman–Crippen MR) is 133 cm³/mol. The van der Waals surface area contributed by atoms with Gasteiger partial charge in [0, 0.05) is 18.0 Å². The molecule has 0 bridgehead atoms. The molecule has 0 atom stereocenters. The van der Waals surface area contributed by atoms with E-state index in [9.17, 15) is 9.90 Å². The zero-order chi connectivity index (χ0) is 22.3. The molecule has 0 saturated carbocycles. The molecular weight excluding hydrogens is 382 g/mol. The highest BCUT2D eigenvalue weighted by Gasteiger charge is 2.19. The zero-order valence-corrected chi connectivity index (χ0v) is 20.1. The summed E-state index contributed by atoms with van der Waals surface area (Å²) < 4.78 is 1.83. The number of unbranched alkanes of at least 4 members (excludes halogenated alkanes) is 15. The Bertz CT molecular complexity index is 762. The van der Waals surface area contributed by atoms with Gasteiger partial charge in [-0.15, -0.1) is 0 Å². The van der Waals surface area contributed by atoms with Crippen molar-refractivity contribution in [2.24, 2.45) is 7.05 Å². The summed E-state index contributed by atoms with van der Waals surface area (Å²) in [7, 11) is 1.86. The van der Waals surface area contributed by atoms with Gasteiger partial charge in [0.05, 0.1) is 0 Å². The second-order valence-corrected chi connectivity index (χ2v) is 9.26. The van der Waals surface area contributed by atoms with E-state index in [1.807, 2.05) is 29.8 Å². The van der Waals surface area contributed by atoms with Crippen molar-refractivity contribution in [2.45, 2.75) is 116 Å². The van der Waals surface area contributed by atoms with Gasteiger partial charge in [-0.2, -0.15) is 0 Å². The molecule has 31 heavy (non-hydrogen) atoms. The minimum atomic E-state index is -0.815. The standard InChI is InChI=1S/C28H45NO2/c1-3-4-5-6-7-8-9-10-11-12-13-14-15-16-17-18-22-25-24-21-19-20-23-26(24)29(2)27(25)28(30)31/h19-21,23H,3-18,22H2,1-2H3,(H,30,31). The summed E-state index contributed by atoms with van der Waals surface area (Å²) in [6.07, 6.45) is 22.6. The third kappa shape index (κ3) is 8.71. The van der Waals surface area contributed by atoms with E-state index in [4.69, 9.17) is 0 Å². The Morgan fingerprint density at radius 1 is 0.742 bits per heavy atom. The first-order chi connectivity index (χ1) is 15.2. The maximum Gasteiger partial charge on any atom is 0.352 e. The van der Waals surface area contributed by atoms with E-state index >= 15 is 0 Å². The Morgan fingerprint density at radius 2 is 1.19 bits per heavy atom. The summed E-state index contributed by atoms with van der Waals surface area (Å²) in [5, 5.41) is 10.8. The number of aromatic nitrogens is 1. The number of fused-ring (bicyclic) bond motifs is 1. The second-order valence-electron chi connectivity index (χ2n) is 9.26. The maximum atomic E-state index is 11.8. The molecule has 1 aromatic heterocycles. The summed E-state index contributed by atoms with van der Waals surface area (Å²) in [4.78, 5) is 11.8. The predicted octanol–water partition coefficient (Wildman–Crippen LogP) is 8.68. The molecule has 0 aliphatic heterocycles. The molecule has 0 spiro atoms. The minimum Gasteiger partial charge on any atom is -0.477 e. The van der Waals surface area contributed by atoms with Crippen molar-refractivity contribution in [3.8, 4) is 0 Å². The van der Waals surface area contributed by atoms with E-state index in [1.54, 1.807) is 0 Å². The van der Waals surface area contributed by atoms with Crippen LogP contribution in [0.15, 0.2) is 24.3 Å². The Hall–Kier alpha value is -1.77. The number of carboxylic acid groups (broad SMARTS) is 1. The second kappa shape index (κ2) is 15.1. The summed E-state index contributed by atoms with van der Waals surface area (Å²) in [5.41, 5.74) is 2.49. The van der Waals surface area contributed by atoms with Crippen LogP contribution in [0.2, 0.25) is 0 Å². The van der Waals surface area contributed by atoms with Gasteiger partial charge in [0.25, 0.3) is 0 Å². The van der Waals surface area contributed by atoms with Gasteiger partial charge in [-0.1, -0.05) is 121 Å². The smallest absolute Gasteiger partial charge is 0.352 e. The van der Waals surface area contributed by atoms with Crippen LogP contribution in [0.5, 0.6) is 0 Å². The lowest BCUT2D eigenvalue weighted by molar-refractivity contribution is 0.0685. The Kier molecular flexibility index (Phi) is 12.4. The van der Waals surface area contributed by atoms with Crippen LogP contribution in [0.4, 0.5) is 0 Å². The number of aromatic carboxylic acids is 1. The van der Waals surface area contributed by atoms with Crippen molar-refractivity contribution < 1.29 is 9.90 Å². The normalized spacial score (nSPS) is 11.4. The van der Waals surface area contributed by atoms with Crippen molar-refractivity contribution in [1.29, 1.82) is 0 Å². The maximum absolute atomic E-state index is 11.8. The molecule has 0 radical (unpaired) electrons. The number of carbonyl (C=O) groups is 1. The molecular formula is C28H45NO2. The fourth-order valence-electron chi connectivity index (χ4n) is 4.85. The summed E-state index contributed by atoms with van der Waals surface area (Å²) in [6, 6.07) is 8.06. The number of para-hydroxylation sites is 1. The van der Waals surface area contributed by atoms with Crippen LogP contribution in [-0.4, -0.2) is 15.6 Å². The molecule has 0 amide bonds. The lowest BCUT2D eigenvalue weighted by atomic mass is 10.0. The molecule has 1 aromatic carbocycles. The van der Waals surface area contributed by atoms with Crippen molar-refractivity contribution in [1.82, 2.24) is 4.57 Å². The van der Waals surface area contributed by atoms with Gasteiger partial charge < -0.3 is 9.67 Å². The quantitative estimate of drug-likeness (QED) is 0.242. The van der Waals surface area contributed by atoms with Gasteiger partial charge in [0.15, 0.2) is 0 Å². The Labute approximate surface area is 190 Å². The number of rotatable bonds is 18. The molecule has 2 rings (SSSR count). The van der Waals surface area contributed by atoms with Crippen LogP contribution in [0.25, 0.3) is 10.9 Å². The number of nitrogens with zero attached hydrogens (tertiary/aromatic N) is 1. The largest absolute Gasteiger partial charge is 0.477 e. The minimum absolute atomic E-state index is 0.460. The molecule has 1 N–H and O–H groups in total. The van der Waals surface area contributed by atoms with E-state index in [0.717, 1.165) is 29.3 Å². The van der Waals surface area contributed by atoms with Gasteiger partial charge in [-0.05, 0) is 24.5 Å². The van der Waals surface area contributed by atoms with E-state index in [0.29, 0.717) is 5.69 Å². The third-order valence-electron chi connectivity index (χ3n) is 6.69. The van der Waals surface area contributed by atoms with Crippen LogP contribution in [0.1, 0.15) is 126 Å². The number of benzene rings is 1. The lowest BCUT2D eigenvalue weighted by Crippen LogP contribution is -2.07. The lowest BCUT2D eigenvalue weighted by Gasteiger charge is -2.05. The van der Waals surface area contributed by atoms with Crippen molar-refractivity contribution in [3.05, 3.63) is 35.5 Å². The zero-order valence-electron chi connectivity index (χ0n) is 20.1. The van der Waals surface area contributed by atoms with Crippen molar-refractivity contribution >= 4 is 16.9 Å². The van der Waals surface area contributed by atoms with Gasteiger partial charge in [0.2, 0.25) is 0 Å². The Balaban J connectivity index is 1.51. The van der Waals surface area contributed by atoms with Gasteiger partial charge in [-0.3, -0.25) is 0 Å². The highest BCUT2D eigenvalue weighted by atomic mass is 16.4. The van der Waals surface area contributed by atoms with Gasteiger partial charge >= 0.3 is 5.97 Å². The average Bonchev–Trinajstić information content (AvgIpc) is 3.05. The molecule has 0 unspecified atom stereocenters. The van der Waals surface area contributed by atoms with Crippen LogP contribution in [0, 0.1) is 0 Å². The molecule has 174 valence electrons. The molecule has 2 aromatic rings. The summed E-state index contributed by atoms with van der Waals surface area (Å²) >= 11 is 0. The fraction of sp³-hybridized carbons (Fsp3) is 0.679. The van der Waals surface area contributed by atoms with Crippen molar-refractivity contribution in [2.75, 3.05) is 0 Å². The molecule has 0 aliphatic rings. The number of hydrogen-bond acceptors (Lipinski definition) is 1. The van der Waals surface area contributed by atoms with Gasteiger partial charge in [0.1, 0.15) is 5.69 Å². The fourth-order valence-corrected chi connectivity index (χ4v) is 4.85. The summed E-state index contributed by atoms with van der Waals surface area (Å²) in [6.45, 7) is 2.28. The molecule has 0 fully saturated rings. The number of aryl methyl sites for hydroxylation is 2. The summed E-state index contributed by atoms with van der Waals surface area (Å²) in [5.74, 6) is -0.815. The first-order valence-corrected chi connectivity index (χ1v) is 13.0. The highest BCUT2D eigenvalue weighted by molar-refractivity contribution is 5.98. The van der Waals surface area contributed by atoms with Crippen LogP contribution in [0.3, 0.4) is 0 Å².